The molecule has 3 aliphatic rings. The lowest BCUT2D eigenvalue weighted by Gasteiger charge is -2.54. The Hall–Kier alpha value is -3.53. The Morgan fingerprint density at radius 1 is 1.26 bits per heavy atom. The van der Waals surface area contributed by atoms with Gasteiger partial charge in [-0.3, -0.25) is 19.7 Å². The Labute approximate surface area is 224 Å². The third-order valence-corrected chi connectivity index (χ3v) is 9.26. The van der Waals surface area contributed by atoms with Gasteiger partial charge in [0.2, 0.25) is 5.91 Å². The number of carbonyl (C=O) groups excluding carboxylic acids is 1. The number of aromatic nitrogens is 2. The van der Waals surface area contributed by atoms with Gasteiger partial charge in [-0.15, -0.1) is 11.3 Å². The van der Waals surface area contributed by atoms with Crippen LogP contribution in [0.4, 0.5) is 11.4 Å². The molecular weight excluding hydrogens is 502 g/mol. The summed E-state index contributed by atoms with van der Waals surface area (Å²) >= 11 is 1.62. The van der Waals surface area contributed by atoms with Crippen LogP contribution in [0.3, 0.4) is 0 Å². The van der Waals surface area contributed by atoms with E-state index in [0.717, 1.165) is 34.1 Å². The summed E-state index contributed by atoms with van der Waals surface area (Å²) in [6, 6.07) is 10.4. The van der Waals surface area contributed by atoms with Crippen LogP contribution in [0.15, 0.2) is 46.6 Å². The average molecular weight is 534 g/mol. The average Bonchev–Trinajstić information content (AvgIpc) is 3.38. The molecule has 0 aliphatic carbocycles. The van der Waals surface area contributed by atoms with E-state index in [1.54, 1.807) is 29.5 Å². The van der Waals surface area contributed by atoms with E-state index in [4.69, 9.17) is 0 Å². The molecule has 10 heteroatoms. The number of nitrogens with zero attached hydrogens (tertiary/aromatic N) is 4. The van der Waals surface area contributed by atoms with Crippen LogP contribution in [0.5, 0.6) is 0 Å². The van der Waals surface area contributed by atoms with Crippen molar-refractivity contribution in [1.29, 1.82) is 0 Å². The molecule has 0 saturated carbocycles. The number of pyridine rings is 1. The van der Waals surface area contributed by atoms with Crippen molar-refractivity contribution in [3.63, 3.8) is 0 Å². The molecule has 1 aromatic carbocycles. The Kier molecular flexibility index (Phi) is 6.29. The van der Waals surface area contributed by atoms with Crippen LogP contribution in [0.2, 0.25) is 0 Å². The van der Waals surface area contributed by atoms with Gasteiger partial charge in [0.1, 0.15) is 0 Å². The van der Waals surface area contributed by atoms with Gasteiger partial charge in [0.05, 0.1) is 21.5 Å². The maximum absolute atomic E-state index is 13.7. The molecule has 198 valence electrons. The topological polar surface area (TPSA) is 110 Å². The van der Waals surface area contributed by atoms with Gasteiger partial charge in [-0.1, -0.05) is 19.9 Å². The van der Waals surface area contributed by atoms with Crippen LogP contribution < -0.4 is 15.8 Å². The molecule has 1 N–H and O–H groups in total. The van der Waals surface area contributed by atoms with Crippen molar-refractivity contribution in [2.75, 3.05) is 18.0 Å². The predicted molar refractivity (Wildman–Crippen MR) is 146 cm³/mol. The van der Waals surface area contributed by atoms with Crippen molar-refractivity contribution in [2.45, 2.75) is 57.5 Å². The van der Waals surface area contributed by atoms with Crippen LogP contribution in [0, 0.1) is 22.0 Å². The summed E-state index contributed by atoms with van der Waals surface area (Å²) in [6.07, 6.45) is 2.03. The standard InChI is InChI=1S/C28H31N5O4S/c1-16(2)22-15-38-25(30-22)8-9-29-28(35)21-12-17-11-20(33(36)37)6-7-24(17)32-13-18-10-19(27(21)32)14-31-23(18)4-3-5-26(31)34/h3-7,11,15-16,18-19,21,27H,8-10,12-14H2,1-2H3,(H,29,35)/t18-,19-,21+,27-/m0/s1. The van der Waals surface area contributed by atoms with Crippen molar-refractivity contribution >= 4 is 28.6 Å². The molecule has 2 bridgehead atoms. The second-order valence-corrected chi connectivity index (χ2v) is 11.9. The molecular formula is C28H31N5O4S. The fraction of sp³-hybridized carbons (Fsp3) is 0.464. The molecule has 38 heavy (non-hydrogen) atoms. The van der Waals surface area contributed by atoms with Crippen molar-refractivity contribution in [3.05, 3.63) is 84.2 Å². The molecule has 3 aromatic rings. The molecule has 0 unspecified atom stereocenters. The van der Waals surface area contributed by atoms with E-state index in [1.165, 1.54) is 0 Å². The van der Waals surface area contributed by atoms with E-state index in [1.807, 2.05) is 22.8 Å². The molecule has 2 aromatic heterocycles. The van der Waals surface area contributed by atoms with Crippen LogP contribution in [0.1, 0.15) is 54.1 Å². The van der Waals surface area contributed by atoms with E-state index in [2.05, 4.69) is 34.4 Å². The number of anilines is 1. The fourth-order valence-corrected chi connectivity index (χ4v) is 7.54. The number of amides is 1. The van der Waals surface area contributed by atoms with Gasteiger partial charge >= 0.3 is 0 Å². The normalized spacial score (nSPS) is 23.4. The first kappa shape index (κ1) is 24.8. The molecule has 1 saturated heterocycles. The highest BCUT2D eigenvalue weighted by atomic mass is 32.1. The maximum Gasteiger partial charge on any atom is 0.269 e. The summed E-state index contributed by atoms with van der Waals surface area (Å²) in [5, 5.41) is 17.7. The highest BCUT2D eigenvalue weighted by Crippen LogP contribution is 2.47. The van der Waals surface area contributed by atoms with Gasteiger partial charge in [0.25, 0.3) is 11.2 Å². The quantitative estimate of drug-likeness (QED) is 0.381. The van der Waals surface area contributed by atoms with Gasteiger partial charge in [0.15, 0.2) is 0 Å². The zero-order valence-corrected chi connectivity index (χ0v) is 22.3. The van der Waals surface area contributed by atoms with E-state index in [9.17, 15) is 19.7 Å². The first-order valence-corrected chi connectivity index (χ1v) is 14.1. The van der Waals surface area contributed by atoms with Crippen LogP contribution in [-0.4, -0.2) is 39.5 Å². The molecule has 0 spiro atoms. The van der Waals surface area contributed by atoms with Crippen molar-refractivity contribution in [1.82, 2.24) is 14.9 Å². The summed E-state index contributed by atoms with van der Waals surface area (Å²) in [4.78, 5) is 44.5. The van der Waals surface area contributed by atoms with E-state index < -0.39 is 0 Å². The molecule has 9 nitrogen and oxygen atoms in total. The lowest BCUT2D eigenvalue weighted by molar-refractivity contribution is -0.384. The summed E-state index contributed by atoms with van der Waals surface area (Å²) in [5.74, 6) is 0.272. The second-order valence-electron chi connectivity index (χ2n) is 11.0. The van der Waals surface area contributed by atoms with Crippen LogP contribution in [0.25, 0.3) is 0 Å². The summed E-state index contributed by atoms with van der Waals surface area (Å²) in [7, 11) is 0. The number of nitrogens with one attached hydrogen (secondary N) is 1. The largest absolute Gasteiger partial charge is 0.366 e. The summed E-state index contributed by atoms with van der Waals surface area (Å²) in [5.41, 5.74) is 3.95. The second kappa shape index (κ2) is 9.65. The van der Waals surface area contributed by atoms with E-state index in [-0.39, 0.29) is 45.9 Å². The molecule has 3 aliphatic heterocycles. The van der Waals surface area contributed by atoms with E-state index >= 15 is 0 Å². The number of nitro groups is 1. The first-order valence-electron chi connectivity index (χ1n) is 13.3. The number of piperidine rings is 1. The lowest BCUT2D eigenvalue weighted by atomic mass is 9.70. The number of non-ortho nitro benzene ring substituents is 1. The number of hydrogen-bond donors (Lipinski definition) is 1. The zero-order chi connectivity index (χ0) is 26.6. The molecule has 1 amide bonds. The van der Waals surface area contributed by atoms with E-state index in [0.29, 0.717) is 38.4 Å². The molecule has 4 atom stereocenters. The zero-order valence-electron chi connectivity index (χ0n) is 21.5. The number of benzene rings is 1. The Morgan fingerprint density at radius 3 is 2.87 bits per heavy atom. The number of nitro benzene ring substituents is 1. The number of hydrogen-bond acceptors (Lipinski definition) is 7. The summed E-state index contributed by atoms with van der Waals surface area (Å²) in [6.45, 7) is 5.98. The molecule has 5 heterocycles. The van der Waals surface area contributed by atoms with Crippen molar-refractivity contribution < 1.29 is 9.72 Å². The number of rotatable bonds is 6. The van der Waals surface area contributed by atoms with Gasteiger partial charge < -0.3 is 14.8 Å². The SMILES string of the molecule is CC(C)c1csc(CCNC(=O)[C@@H]2Cc3cc([N+](=O)[O-])ccc3N3C[C@@H]4C[C@@H](Cn5c4cccc5=O)[C@@H]23)n1. The number of carbonyl (C=O) groups is 1. The molecule has 0 radical (unpaired) electrons. The highest BCUT2D eigenvalue weighted by Gasteiger charge is 2.49. The Morgan fingerprint density at radius 2 is 2.11 bits per heavy atom. The third kappa shape index (κ3) is 4.30. The molecule has 1 fully saturated rings. The minimum Gasteiger partial charge on any atom is -0.366 e. The molecule has 6 rings (SSSR count). The maximum atomic E-state index is 13.7. The van der Waals surface area contributed by atoms with Gasteiger partial charge in [-0.25, -0.2) is 4.98 Å². The third-order valence-electron chi connectivity index (χ3n) is 8.34. The Balaban J connectivity index is 1.29. The van der Waals surface area contributed by atoms with Gasteiger partial charge in [-0.2, -0.15) is 0 Å². The smallest absolute Gasteiger partial charge is 0.269 e. The van der Waals surface area contributed by atoms with Crippen molar-refractivity contribution in [3.8, 4) is 0 Å². The van der Waals surface area contributed by atoms with Crippen LogP contribution >= 0.6 is 11.3 Å². The number of thiazole rings is 1. The highest BCUT2D eigenvalue weighted by molar-refractivity contribution is 7.09. The fourth-order valence-electron chi connectivity index (χ4n) is 6.58. The predicted octanol–water partition coefficient (Wildman–Crippen LogP) is 3.86. The van der Waals surface area contributed by atoms with Crippen LogP contribution in [-0.2, 0) is 24.2 Å². The summed E-state index contributed by atoms with van der Waals surface area (Å²) < 4.78 is 1.88. The minimum absolute atomic E-state index is 0.00250. The Bertz CT molecular complexity index is 1460. The van der Waals surface area contributed by atoms with Gasteiger partial charge in [0, 0.05) is 73.0 Å². The monoisotopic (exact) mass is 533 g/mol. The van der Waals surface area contributed by atoms with Gasteiger partial charge in [-0.05, 0) is 42.4 Å². The number of fused-ring (bicyclic) bond motifs is 8. The minimum atomic E-state index is -0.380. The van der Waals surface area contributed by atoms with Crippen molar-refractivity contribution in [2.24, 2.45) is 11.8 Å². The first-order chi connectivity index (χ1) is 18.3. The lowest BCUT2D eigenvalue weighted by Crippen LogP contribution is -2.61.